The molecule has 1 atom stereocenters. The van der Waals surface area contributed by atoms with Crippen molar-refractivity contribution in [3.8, 4) is 17.2 Å². The Kier molecular flexibility index (Phi) is 4.85. The summed E-state index contributed by atoms with van der Waals surface area (Å²) in [6.45, 7) is 0.264. The van der Waals surface area contributed by atoms with Gasteiger partial charge in [0.05, 0.1) is 20.3 Å². The van der Waals surface area contributed by atoms with Gasteiger partial charge in [0.1, 0.15) is 5.75 Å². The number of benzene rings is 2. The summed E-state index contributed by atoms with van der Waals surface area (Å²) in [5.74, 6) is 1.13. The molecule has 0 fully saturated rings. The molecule has 0 saturated carbocycles. The zero-order chi connectivity index (χ0) is 14.4. The summed E-state index contributed by atoms with van der Waals surface area (Å²) >= 11 is 0. The highest BCUT2D eigenvalue weighted by molar-refractivity contribution is 5.38. The van der Waals surface area contributed by atoms with Crippen LogP contribution in [0.3, 0.4) is 0 Å². The number of hydrogen-bond donors (Lipinski definition) is 2. The number of aliphatic hydroxyl groups is 1. The van der Waals surface area contributed by atoms with Crippen LogP contribution in [0.2, 0.25) is 0 Å². The summed E-state index contributed by atoms with van der Waals surface area (Å²) in [6.07, 6.45) is 0. The topological polar surface area (TPSA) is 58.9 Å². The van der Waals surface area contributed by atoms with Crippen molar-refractivity contribution in [2.45, 2.75) is 5.92 Å². The molecule has 106 valence electrons. The molecule has 0 saturated heterocycles. The Morgan fingerprint density at radius 3 is 2.35 bits per heavy atom. The Bertz CT molecular complexity index is 536. The van der Waals surface area contributed by atoms with Crippen LogP contribution >= 0.6 is 0 Å². The van der Waals surface area contributed by atoms with Crippen molar-refractivity contribution in [3.05, 3.63) is 54.1 Å². The highest BCUT2D eigenvalue weighted by atomic mass is 16.5. The SMILES string of the molecule is COc1ccc(C(CO)COc2ccccc2O)cc1. The number of aliphatic hydroxyl groups excluding tert-OH is 1. The van der Waals surface area contributed by atoms with Gasteiger partial charge in [0, 0.05) is 5.92 Å². The first-order valence-electron chi connectivity index (χ1n) is 6.40. The van der Waals surface area contributed by atoms with Crippen molar-refractivity contribution in [1.29, 1.82) is 0 Å². The zero-order valence-corrected chi connectivity index (χ0v) is 11.3. The lowest BCUT2D eigenvalue weighted by molar-refractivity contribution is 0.201. The second-order valence-corrected chi connectivity index (χ2v) is 4.43. The quantitative estimate of drug-likeness (QED) is 0.850. The van der Waals surface area contributed by atoms with Gasteiger partial charge in [-0.2, -0.15) is 0 Å². The molecule has 1 unspecified atom stereocenters. The van der Waals surface area contributed by atoms with Crippen LogP contribution < -0.4 is 9.47 Å². The Morgan fingerprint density at radius 2 is 1.75 bits per heavy atom. The average molecular weight is 274 g/mol. The maximum Gasteiger partial charge on any atom is 0.160 e. The fourth-order valence-electron chi connectivity index (χ4n) is 1.90. The number of hydrogen-bond acceptors (Lipinski definition) is 4. The van der Waals surface area contributed by atoms with E-state index < -0.39 is 0 Å². The van der Waals surface area contributed by atoms with Crippen LogP contribution in [0.15, 0.2) is 48.5 Å². The molecule has 0 aromatic heterocycles. The molecule has 2 N–H and O–H groups in total. The third-order valence-corrected chi connectivity index (χ3v) is 3.11. The summed E-state index contributed by atoms with van der Waals surface area (Å²) in [5, 5.41) is 19.1. The molecule has 0 bridgehead atoms. The molecule has 0 heterocycles. The molecule has 2 aromatic rings. The van der Waals surface area contributed by atoms with Crippen LogP contribution in [0.5, 0.6) is 17.2 Å². The minimum absolute atomic E-state index is 0.0279. The van der Waals surface area contributed by atoms with Crippen LogP contribution in [0, 0.1) is 0 Å². The molecule has 0 aliphatic heterocycles. The Balaban J connectivity index is 2.03. The minimum Gasteiger partial charge on any atom is -0.504 e. The van der Waals surface area contributed by atoms with Crippen LogP contribution in [0.1, 0.15) is 11.5 Å². The number of para-hydroxylation sites is 2. The maximum absolute atomic E-state index is 9.63. The first-order chi connectivity index (χ1) is 9.74. The van der Waals surface area contributed by atoms with E-state index in [9.17, 15) is 10.2 Å². The molecular formula is C16H18O4. The molecule has 0 radical (unpaired) electrons. The number of phenolic OH excluding ortho intramolecular Hbond substituents is 1. The van der Waals surface area contributed by atoms with E-state index in [0.29, 0.717) is 12.4 Å². The molecule has 0 amide bonds. The first-order valence-corrected chi connectivity index (χ1v) is 6.40. The predicted molar refractivity (Wildman–Crippen MR) is 76.4 cm³/mol. The van der Waals surface area contributed by atoms with Crippen LogP contribution in [0.4, 0.5) is 0 Å². The van der Waals surface area contributed by atoms with Gasteiger partial charge in [-0.15, -0.1) is 0 Å². The number of aromatic hydroxyl groups is 1. The number of phenols is 1. The summed E-state index contributed by atoms with van der Waals surface area (Å²) in [4.78, 5) is 0. The smallest absolute Gasteiger partial charge is 0.160 e. The molecular weight excluding hydrogens is 256 g/mol. The molecule has 4 nitrogen and oxygen atoms in total. The van der Waals surface area contributed by atoms with Crippen LogP contribution in [-0.4, -0.2) is 30.5 Å². The van der Waals surface area contributed by atoms with Crippen molar-refractivity contribution in [2.75, 3.05) is 20.3 Å². The maximum atomic E-state index is 9.63. The molecule has 0 aliphatic carbocycles. The fourth-order valence-corrected chi connectivity index (χ4v) is 1.90. The van der Waals surface area contributed by atoms with E-state index in [0.717, 1.165) is 11.3 Å². The van der Waals surface area contributed by atoms with Gasteiger partial charge in [-0.3, -0.25) is 0 Å². The monoisotopic (exact) mass is 274 g/mol. The molecule has 4 heteroatoms. The highest BCUT2D eigenvalue weighted by Gasteiger charge is 2.12. The van der Waals surface area contributed by atoms with Gasteiger partial charge in [-0.1, -0.05) is 24.3 Å². The van der Waals surface area contributed by atoms with Crippen molar-refractivity contribution >= 4 is 0 Å². The van der Waals surface area contributed by atoms with E-state index in [1.54, 1.807) is 31.4 Å². The fraction of sp³-hybridized carbons (Fsp3) is 0.250. The summed E-state index contributed by atoms with van der Waals surface area (Å²) in [7, 11) is 1.61. The second-order valence-electron chi connectivity index (χ2n) is 4.43. The summed E-state index contributed by atoms with van der Waals surface area (Å²) in [6, 6.07) is 14.3. The Hall–Kier alpha value is -2.20. The van der Waals surface area contributed by atoms with Crippen LogP contribution in [-0.2, 0) is 0 Å². The van der Waals surface area contributed by atoms with Crippen molar-refractivity contribution in [3.63, 3.8) is 0 Å². The molecule has 2 rings (SSSR count). The number of ether oxygens (including phenoxy) is 2. The lowest BCUT2D eigenvalue weighted by atomic mass is 10.0. The van der Waals surface area contributed by atoms with Crippen molar-refractivity contribution in [1.82, 2.24) is 0 Å². The lowest BCUT2D eigenvalue weighted by Crippen LogP contribution is -2.14. The van der Waals surface area contributed by atoms with Gasteiger partial charge in [-0.25, -0.2) is 0 Å². The van der Waals surface area contributed by atoms with Gasteiger partial charge in [0.25, 0.3) is 0 Å². The van der Waals surface area contributed by atoms with Crippen molar-refractivity contribution < 1.29 is 19.7 Å². The van der Waals surface area contributed by atoms with E-state index in [1.165, 1.54) is 0 Å². The van der Waals surface area contributed by atoms with Crippen LogP contribution in [0.25, 0.3) is 0 Å². The zero-order valence-electron chi connectivity index (χ0n) is 11.3. The minimum atomic E-state index is -0.152. The van der Waals surface area contributed by atoms with Gasteiger partial charge in [0.2, 0.25) is 0 Å². The summed E-state index contributed by atoms with van der Waals surface area (Å²) < 4.78 is 10.7. The van der Waals surface area contributed by atoms with E-state index in [1.807, 2.05) is 24.3 Å². The van der Waals surface area contributed by atoms with Gasteiger partial charge < -0.3 is 19.7 Å². The highest BCUT2D eigenvalue weighted by Crippen LogP contribution is 2.26. The van der Waals surface area contributed by atoms with E-state index in [4.69, 9.17) is 9.47 Å². The largest absolute Gasteiger partial charge is 0.504 e. The molecule has 2 aromatic carbocycles. The molecule has 0 aliphatic rings. The lowest BCUT2D eigenvalue weighted by Gasteiger charge is -2.16. The summed E-state index contributed by atoms with van der Waals surface area (Å²) in [5.41, 5.74) is 0.962. The Labute approximate surface area is 118 Å². The molecule has 20 heavy (non-hydrogen) atoms. The molecule has 0 spiro atoms. The first kappa shape index (κ1) is 14.2. The number of methoxy groups -OCH3 is 1. The third kappa shape index (κ3) is 3.42. The van der Waals surface area contributed by atoms with Gasteiger partial charge in [0.15, 0.2) is 11.5 Å². The van der Waals surface area contributed by atoms with E-state index in [2.05, 4.69) is 0 Å². The standard InChI is InChI=1S/C16H18O4/c1-19-14-8-6-12(7-9-14)13(10-17)11-20-16-5-3-2-4-15(16)18/h2-9,13,17-18H,10-11H2,1H3. The van der Waals surface area contributed by atoms with E-state index >= 15 is 0 Å². The third-order valence-electron chi connectivity index (χ3n) is 3.11. The second kappa shape index (κ2) is 6.82. The Morgan fingerprint density at radius 1 is 1.05 bits per heavy atom. The average Bonchev–Trinajstić information content (AvgIpc) is 2.50. The van der Waals surface area contributed by atoms with Gasteiger partial charge >= 0.3 is 0 Å². The van der Waals surface area contributed by atoms with Crippen molar-refractivity contribution in [2.24, 2.45) is 0 Å². The predicted octanol–water partition coefficient (Wildman–Crippen LogP) is 2.56. The van der Waals surface area contributed by atoms with Gasteiger partial charge in [-0.05, 0) is 29.8 Å². The number of rotatable bonds is 6. The van der Waals surface area contributed by atoms with E-state index in [-0.39, 0.29) is 18.3 Å². The normalized spacial score (nSPS) is 11.9.